The van der Waals surface area contributed by atoms with Crippen molar-refractivity contribution in [2.75, 3.05) is 5.32 Å². The Kier molecular flexibility index (Phi) is 3.61. The third-order valence-corrected chi connectivity index (χ3v) is 3.32. The number of aromatic nitrogens is 2. The van der Waals surface area contributed by atoms with Crippen LogP contribution in [0.15, 0.2) is 17.8 Å². The van der Waals surface area contributed by atoms with Gasteiger partial charge in [0.1, 0.15) is 17.0 Å². The van der Waals surface area contributed by atoms with Crippen molar-refractivity contribution in [2.24, 2.45) is 0 Å². The molecule has 2 heterocycles. The molecule has 86 valence electrons. The fourth-order valence-corrected chi connectivity index (χ4v) is 2.68. The molecule has 5 heteroatoms. The lowest BCUT2D eigenvalue weighted by molar-refractivity contribution is 0.694. The van der Waals surface area contributed by atoms with E-state index in [0.717, 1.165) is 22.5 Å². The number of nitrogens with zero attached hydrogens (tertiary/aromatic N) is 2. The van der Waals surface area contributed by atoms with E-state index < -0.39 is 0 Å². The summed E-state index contributed by atoms with van der Waals surface area (Å²) in [5.41, 5.74) is 0. The van der Waals surface area contributed by atoms with E-state index >= 15 is 0 Å². The van der Waals surface area contributed by atoms with E-state index in [9.17, 15) is 0 Å². The second-order valence-electron chi connectivity index (χ2n) is 3.92. The van der Waals surface area contributed by atoms with E-state index in [1.807, 2.05) is 18.4 Å². The number of anilines is 1. The Morgan fingerprint density at radius 3 is 3.00 bits per heavy atom. The minimum atomic E-state index is 0.169. The SMILES string of the molecule is CC(Cl)CC(C)Nc1ncnc2sccc12. The third-order valence-electron chi connectivity index (χ3n) is 2.32. The fraction of sp³-hybridized carbons (Fsp3) is 0.455. The zero-order valence-electron chi connectivity index (χ0n) is 9.27. The fourth-order valence-electron chi connectivity index (χ4n) is 1.68. The van der Waals surface area contributed by atoms with Gasteiger partial charge in [0.15, 0.2) is 0 Å². The molecule has 2 aromatic heterocycles. The summed E-state index contributed by atoms with van der Waals surface area (Å²) in [6.45, 7) is 4.11. The number of hydrogen-bond acceptors (Lipinski definition) is 4. The highest BCUT2D eigenvalue weighted by molar-refractivity contribution is 7.16. The Morgan fingerprint density at radius 2 is 2.25 bits per heavy atom. The summed E-state index contributed by atoms with van der Waals surface area (Å²) in [5, 5.41) is 6.65. The van der Waals surface area contributed by atoms with E-state index in [4.69, 9.17) is 11.6 Å². The molecule has 2 rings (SSSR count). The van der Waals surface area contributed by atoms with Crippen LogP contribution < -0.4 is 5.32 Å². The quantitative estimate of drug-likeness (QED) is 0.850. The molecule has 0 spiro atoms. The maximum absolute atomic E-state index is 5.97. The molecule has 2 aromatic rings. The van der Waals surface area contributed by atoms with Gasteiger partial charge in [-0.1, -0.05) is 0 Å². The Morgan fingerprint density at radius 1 is 1.44 bits per heavy atom. The van der Waals surface area contributed by atoms with Crippen molar-refractivity contribution in [3.05, 3.63) is 17.8 Å². The molecular weight excluding hydrogens is 242 g/mol. The molecule has 2 unspecified atom stereocenters. The zero-order chi connectivity index (χ0) is 11.5. The summed E-state index contributed by atoms with van der Waals surface area (Å²) < 4.78 is 0. The van der Waals surface area contributed by atoms with Crippen LogP contribution in [0.3, 0.4) is 0 Å². The predicted molar refractivity (Wildman–Crippen MR) is 70.4 cm³/mol. The van der Waals surface area contributed by atoms with E-state index in [-0.39, 0.29) is 5.38 Å². The van der Waals surface area contributed by atoms with Crippen molar-refractivity contribution in [2.45, 2.75) is 31.7 Å². The van der Waals surface area contributed by atoms with Crippen LogP contribution in [0.1, 0.15) is 20.3 Å². The normalized spacial score (nSPS) is 14.9. The van der Waals surface area contributed by atoms with Gasteiger partial charge in [0.2, 0.25) is 0 Å². The van der Waals surface area contributed by atoms with Crippen molar-refractivity contribution in [1.82, 2.24) is 9.97 Å². The van der Waals surface area contributed by atoms with Crippen molar-refractivity contribution in [1.29, 1.82) is 0 Å². The molecular formula is C11H14ClN3S. The number of nitrogens with one attached hydrogen (secondary N) is 1. The number of alkyl halides is 1. The topological polar surface area (TPSA) is 37.8 Å². The van der Waals surface area contributed by atoms with Gasteiger partial charge in [-0.15, -0.1) is 22.9 Å². The maximum atomic E-state index is 5.97. The molecule has 0 bridgehead atoms. The molecule has 0 aliphatic heterocycles. The van der Waals surface area contributed by atoms with Gasteiger partial charge in [0, 0.05) is 11.4 Å². The summed E-state index contributed by atoms with van der Waals surface area (Å²) in [6, 6.07) is 2.35. The molecule has 3 nitrogen and oxygen atoms in total. The largest absolute Gasteiger partial charge is 0.367 e. The van der Waals surface area contributed by atoms with Gasteiger partial charge in [0.05, 0.1) is 5.39 Å². The van der Waals surface area contributed by atoms with Crippen molar-refractivity contribution in [3.8, 4) is 0 Å². The van der Waals surface area contributed by atoms with E-state index in [1.165, 1.54) is 0 Å². The van der Waals surface area contributed by atoms with Gasteiger partial charge in [-0.05, 0) is 31.7 Å². The molecule has 0 saturated heterocycles. The molecule has 0 aliphatic rings. The Bertz CT molecular complexity index is 469. The summed E-state index contributed by atoms with van der Waals surface area (Å²) >= 11 is 7.59. The van der Waals surface area contributed by atoms with E-state index in [2.05, 4.69) is 22.2 Å². The first kappa shape index (κ1) is 11.6. The van der Waals surface area contributed by atoms with E-state index in [0.29, 0.717) is 6.04 Å². The average Bonchev–Trinajstić information content (AvgIpc) is 2.65. The number of fused-ring (bicyclic) bond motifs is 1. The average molecular weight is 256 g/mol. The Hall–Kier alpha value is -0.870. The number of halogens is 1. The summed E-state index contributed by atoms with van der Waals surface area (Å²) in [7, 11) is 0. The van der Waals surface area contributed by atoms with Gasteiger partial charge < -0.3 is 5.32 Å². The summed E-state index contributed by atoms with van der Waals surface area (Å²) in [6.07, 6.45) is 2.51. The predicted octanol–water partition coefficient (Wildman–Crippen LogP) is 3.51. The highest BCUT2D eigenvalue weighted by Crippen LogP contribution is 2.24. The lowest BCUT2D eigenvalue weighted by Gasteiger charge is -2.15. The Labute approximate surface area is 104 Å². The second-order valence-corrected chi connectivity index (χ2v) is 5.56. The monoisotopic (exact) mass is 255 g/mol. The van der Waals surface area contributed by atoms with Gasteiger partial charge in [0.25, 0.3) is 0 Å². The van der Waals surface area contributed by atoms with Crippen LogP contribution in [0.25, 0.3) is 10.2 Å². The van der Waals surface area contributed by atoms with Gasteiger partial charge >= 0.3 is 0 Å². The lowest BCUT2D eigenvalue weighted by Crippen LogP contribution is -2.19. The zero-order valence-corrected chi connectivity index (χ0v) is 10.8. The number of hydrogen-bond donors (Lipinski definition) is 1. The minimum Gasteiger partial charge on any atom is -0.367 e. The smallest absolute Gasteiger partial charge is 0.138 e. The molecule has 0 amide bonds. The van der Waals surface area contributed by atoms with Crippen LogP contribution in [0.5, 0.6) is 0 Å². The molecule has 0 radical (unpaired) electrons. The van der Waals surface area contributed by atoms with Crippen LogP contribution >= 0.6 is 22.9 Å². The second kappa shape index (κ2) is 4.97. The van der Waals surface area contributed by atoms with Crippen LogP contribution in [0.4, 0.5) is 5.82 Å². The molecule has 1 N–H and O–H groups in total. The molecule has 0 fully saturated rings. The van der Waals surface area contributed by atoms with Gasteiger partial charge in [-0.2, -0.15) is 0 Å². The lowest BCUT2D eigenvalue weighted by atomic mass is 10.2. The first-order valence-corrected chi connectivity index (χ1v) is 6.57. The molecule has 0 aromatic carbocycles. The first-order valence-electron chi connectivity index (χ1n) is 5.25. The standard InChI is InChI=1S/C11H14ClN3S/c1-7(12)5-8(2)15-10-9-3-4-16-11(9)14-6-13-10/h3-4,6-8H,5H2,1-2H3,(H,13,14,15). The van der Waals surface area contributed by atoms with Crippen molar-refractivity contribution in [3.63, 3.8) is 0 Å². The van der Waals surface area contributed by atoms with Gasteiger partial charge in [-0.3, -0.25) is 0 Å². The number of thiophene rings is 1. The molecule has 0 saturated carbocycles. The van der Waals surface area contributed by atoms with Crippen LogP contribution in [0.2, 0.25) is 0 Å². The highest BCUT2D eigenvalue weighted by Gasteiger charge is 2.09. The van der Waals surface area contributed by atoms with E-state index in [1.54, 1.807) is 17.7 Å². The van der Waals surface area contributed by atoms with Crippen LogP contribution in [-0.4, -0.2) is 21.4 Å². The Balaban J connectivity index is 2.17. The molecule has 0 aliphatic carbocycles. The maximum Gasteiger partial charge on any atom is 0.138 e. The van der Waals surface area contributed by atoms with Crippen molar-refractivity contribution < 1.29 is 0 Å². The number of rotatable bonds is 4. The highest BCUT2D eigenvalue weighted by atomic mass is 35.5. The third kappa shape index (κ3) is 2.62. The molecule has 16 heavy (non-hydrogen) atoms. The van der Waals surface area contributed by atoms with Crippen molar-refractivity contribution >= 4 is 39.0 Å². The van der Waals surface area contributed by atoms with Gasteiger partial charge in [-0.25, -0.2) is 9.97 Å². The summed E-state index contributed by atoms with van der Waals surface area (Å²) in [5.74, 6) is 0.899. The van der Waals surface area contributed by atoms with Crippen LogP contribution in [0, 0.1) is 0 Å². The first-order chi connectivity index (χ1) is 7.66. The van der Waals surface area contributed by atoms with Crippen LogP contribution in [-0.2, 0) is 0 Å². The minimum absolute atomic E-state index is 0.169. The summed E-state index contributed by atoms with van der Waals surface area (Å²) in [4.78, 5) is 9.50. The molecule has 2 atom stereocenters.